The van der Waals surface area contributed by atoms with Crippen molar-refractivity contribution >= 4 is 5.91 Å². The monoisotopic (exact) mass is 421 g/mol. The maximum Gasteiger partial charge on any atom is 0.251 e. The molecule has 2 aromatic carbocycles. The highest BCUT2D eigenvalue weighted by Gasteiger charge is 2.22. The van der Waals surface area contributed by atoms with Gasteiger partial charge in [-0.2, -0.15) is 0 Å². The van der Waals surface area contributed by atoms with Gasteiger partial charge in [-0.25, -0.2) is 0 Å². The highest BCUT2D eigenvalue weighted by Crippen LogP contribution is 2.30. The first-order valence-corrected chi connectivity index (χ1v) is 11.2. The highest BCUT2D eigenvalue weighted by atomic mass is 16.1. The van der Waals surface area contributed by atoms with E-state index in [-0.39, 0.29) is 11.9 Å². The fourth-order valence-electron chi connectivity index (χ4n) is 4.77. The van der Waals surface area contributed by atoms with E-state index in [1.807, 2.05) is 36.5 Å². The summed E-state index contributed by atoms with van der Waals surface area (Å²) < 4.78 is 2.21. The number of fused-ring (bicyclic) bond motifs is 1. The van der Waals surface area contributed by atoms with Crippen LogP contribution in [0.3, 0.4) is 0 Å². The number of benzene rings is 2. The second-order valence-electron chi connectivity index (χ2n) is 8.52. The average molecular weight is 422 g/mol. The minimum Gasteiger partial charge on any atom is -0.345 e. The van der Waals surface area contributed by atoms with E-state index in [9.17, 15) is 4.79 Å². The van der Waals surface area contributed by atoms with Crippen LogP contribution in [0.2, 0.25) is 0 Å². The lowest BCUT2D eigenvalue weighted by atomic mass is 9.87. The molecule has 0 spiro atoms. The van der Waals surface area contributed by atoms with E-state index in [2.05, 4.69) is 71.2 Å². The molecule has 4 aromatic rings. The van der Waals surface area contributed by atoms with E-state index < -0.39 is 0 Å². The minimum atomic E-state index is -0.0309. The molecule has 160 valence electrons. The van der Waals surface area contributed by atoms with Crippen molar-refractivity contribution in [3.8, 4) is 16.9 Å². The second-order valence-corrected chi connectivity index (χ2v) is 8.52. The van der Waals surface area contributed by atoms with Gasteiger partial charge in [-0.15, -0.1) is 0 Å². The first-order valence-electron chi connectivity index (χ1n) is 11.2. The third-order valence-corrected chi connectivity index (χ3v) is 6.39. The van der Waals surface area contributed by atoms with Crippen LogP contribution in [0.15, 0.2) is 79.0 Å². The SMILES string of the molecule is Cc1ccc(C)n1-c1cccnc1-c1ccc(C(=O)NC2CCCc3ccccc32)cc1. The highest BCUT2D eigenvalue weighted by molar-refractivity contribution is 5.95. The van der Waals surface area contributed by atoms with E-state index in [4.69, 9.17) is 0 Å². The number of nitrogens with zero attached hydrogens (tertiary/aromatic N) is 2. The lowest BCUT2D eigenvalue weighted by Gasteiger charge is -2.26. The van der Waals surface area contributed by atoms with Crippen LogP contribution < -0.4 is 5.32 Å². The third-order valence-electron chi connectivity index (χ3n) is 6.39. The van der Waals surface area contributed by atoms with Gasteiger partial charge in [0, 0.05) is 28.7 Å². The lowest BCUT2D eigenvalue weighted by molar-refractivity contribution is 0.0933. The number of aryl methyl sites for hydroxylation is 3. The number of hydrogen-bond donors (Lipinski definition) is 1. The van der Waals surface area contributed by atoms with Crippen LogP contribution in [0.5, 0.6) is 0 Å². The zero-order valence-corrected chi connectivity index (χ0v) is 18.5. The predicted molar refractivity (Wildman–Crippen MR) is 128 cm³/mol. The summed E-state index contributed by atoms with van der Waals surface area (Å²) in [5, 5.41) is 3.24. The topological polar surface area (TPSA) is 46.9 Å². The smallest absolute Gasteiger partial charge is 0.251 e. The average Bonchev–Trinajstić information content (AvgIpc) is 3.17. The maximum absolute atomic E-state index is 13.0. The molecule has 4 heteroatoms. The van der Waals surface area contributed by atoms with Crippen LogP contribution in [-0.2, 0) is 6.42 Å². The molecular formula is C28H27N3O. The van der Waals surface area contributed by atoms with E-state index in [0.717, 1.165) is 36.2 Å². The van der Waals surface area contributed by atoms with E-state index in [0.29, 0.717) is 5.56 Å². The molecule has 1 N–H and O–H groups in total. The molecule has 2 aromatic heterocycles. The molecule has 4 nitrogen and oxygen atoms in total. The van der Waals surface area contributed by atoms with Crippen molar-refractivity contribution in [1.29, 1.82) is 0 Å². The first-order chi connectivity index (χ1) is 15.6. The van der Waals surface area contributed by atoms with E-state index >= 15 is 0 Å². The Morgan fingerprint density at radius 3 is 2.47 bits per heavy atom. The van der Waals surface area contributed by atoms with Crippen LogP contribution in [0.4, 0.5) is 0 Å². The number of nitrogens with one attached hydrogen (secondary N) is 1. The van der Waals surface area contributed by atoms with Gasteiger partial charge in [-0.05, 0) is 80.6 Å². The Balaban J connectivity index is 1.40. The van der Waals surface area contributed by atoms with Crippen molar-refractivity contribution in [1.82, 2.24) is 14.9 Å². The van der Waals surface area contributed by atoms with Gasteiger partial charge in [0.25, 0.3) is 5.91 Å². The molecule has 1 aliphatic carbocycles. The summed E-state index contributed by atoms with van der Waals surface area (Å²) in [5.74, 6) is -0.0309. The van der Waals surface area contributed by atoms with Crippen LogP contribution in [0, 0.1) is 13.8 Å². The fraction of sp³-hybridized carbons (Fsp3) is 0.214. The Labute approximate surface area is 189 Å². The Morgan fingerprint density at radius 2 is 1.69 bits per heavy atom. The minimum absolute atomic E-state index is 0.0309. The Bertz CT molecular complexity index is 1250. The van der Waals surface area contributed by atoms with Gasteiger partial charge in [0.15, 0.2) is 0 Å². The second kappa shape index (κ2) is 8.46. The zero-order valence-electron chi connectivity index (χ0n) is 18.5. The Hall–Kier alpha value is -3.66. The molecular weight excluding hydrogens is 394 g/mol. The molecule has 5 rings (SSSR count). The summed E-state index contributed by atoms with van der Waals surface area (Å²) in [6, 6.07) is 24.6. The molecule has 0 radical (unpaired) electrons. The van der Waals surface area contributed by atoms with Gasteiger partial charge < -0.3 is 9.88 Å². The summed E-state index contributed by atoms with van der Waals surface area (Å²) in [5.41, 5.74) is 8.54. The van der Waals surface area contributed by atoms with E-state index in [1.165, 1.54) is 22.5 Å². The summed E-state index contributed by atoms with van der Waals surface area (Å²) in [6.45, 7) is 4.20. The fourth-order valence-corrected chi connectivity index (χ4v) is 4.77. The predicted octanol–water partition coefficient (Wildman–Crippen LogP) is 5.96. The molecule has 0 saturated heterocycles. The van der Waals surface area contributed by atoms with Crippen molar-refractivity contribution in [3.05, 3.63) is 107 Å². The van der Waals surface area contributed by atoms with Crippen LogP contribution >= 0.6 is 0 Å². The number of rotatable bonds is 4. The molecule has 1 unspecified atom stereocenters. The largest absolute Gasteiger partial charge is 0.345 e. The number of carbonyl (C=O) groups is 1. The lowest BCUT2D eigenvalue weighted by Crippen LogP contribution is -2.30. The molecule has 0 aliphatic heterocycles. The number of pyridine rings is 1. The van der Waals surface area contributed by atoms with Crippen LogP contribution in [0.1, 0.15) is 51.8 Å². The summed E-state index contributed by atoms with van der Waals surface area (Å²) in [7, 11) is 0. The number of carbonyl (C=O) groups excluding carboxylic acids is 1. The van der Waals surface area contributed by atoms with Gasteiger partial charge >= 0.3 is 0 Å². The van der Waals surface area contributed by atoms with Crippen molar-refractivity contribution in [2.45, 2.75) is 39.2 Å². The maximum atomic E-state index is 13.0. The molecule has 32 heavy (non-hydrogen) atoms. The molecule has 0 fully saturated rings. The summed E-state index contributed by atoms with van der Waals surface area (Å²) >= 11 is 0. The molecule has 0 bridgehead atoms. The van der Waals surface area contributed by atoms with Gasteiger partial charge in [-0.3, -0.25) is 9.78 Å². The van der Waals surface area contributed by atoms with Gasteiger partial charge in [0.05, 0.1) is 17.4 Å². The number of aromatic nitrogens is 2. The standard InChI is InChI=1S/C28H27N3O/c1-19-12-13-20(2)31(19)26-11-6-18-29-27(26)22-14-16-23(17-15-22)28(32)30-25-10-5-8-21-7-3-4-9-24(21)25/h3-4,6-7,9,11-18,25H,5,8,10H2,1-2H3,(H,30,32). The van der Waals surface area contributed by atoms with Crippen LogP contribution in [0.25, 0.3) is 16.9 Å². The molecule has 2 heterocycles. The Morgan fingerprint density at radius 1 is 0.938 bits per heavy atom. The van der Waals surface area contributed by atoms with Gasteiger partial charge in [0.2, 0.25) is 0 Å². The van der Waals surface area contributed by atoms with Crippen molar-refractivity contribution in [2.75, 3.05) is 0 Å². The van der Waals surface area contributed by atoms with Crippen molar-refractivity contribution in [3.63, 3.8) is 0 Å². The molecule has 1 aliphatic rings. The third kappa shape index (κ3) is 3.73. The quantitative estimate of drug-likeness (QED) is 0.442. The van der Waals surface area contributed by atoms with Gasteiger partial charge in [0.1, 0.15) is 0 Å². The molecule has 0 saturated carbocycles. The van der Waals surface area contributed by atoms with Gasteiger partial charge in [-0.1, -0.05) is 36.4 Å². The number of hydrogen-bond acceptors (Lipinski definition) is 2. The first kappa shape index (κ1) is 20.3. The van der Waals surface area contributed by atoms with Crippen LogP contribution in [-0.4, -0.2) is 15.5 Å². The normalized spacial score (nSPS) is 15.2. The van der Waals surface area contributed by atoms with Crippen molar-refractivity contribution < 1.29 is 4.79 Å². The Kier molecular flexibility index (Phi) is 5.36. The van der Waals surface area contributed by atoms with E-state index in [1.54, 1.807) is 0 Å². The zero-order chi connectivity index (χ0) is 22.1. The summed E-state index contributed by atoms with van der Waals surface area (Å²) in [6.07, 6.45) is 4.98. The molecule has 1 amide bonds. The summed E-state index contributed by atoms with van der Waals surface area (Å²) in [4.78, 5) is 17.6. The number of amides is 1. The molecule has 1 atom stereocenters. The van der Waals surface area contributed by atoms with Crippen molar-refractivity contribution in [2.24, 2.45) is 0 Å².